The summed E-state index contributed by atoms with van der Waals surface area (Å²) >= 11 is 5.47. The Morgan fingerprint density at radius 1 is 1.62 bits per heavy atom. The van der Waals surface area contributed by atoms with E-state index >= 15 is 0 Å². The summed E-state index contributed by atoms with van der Waals surface area (Å²) in [6.07, 6.45) is 1.62. The van der Waals surface area contributed by atoms with Gasteiger partial charge in [-0.1, -0.05) is 0 Å². The summed E-state index contributed by atoms with van der Waals surface area (Å²) in [4.78, 5) is 12.9. The number of esters is 1. The second-order valence-corrected chi connectivity index (χ2v) is 2.67. The van der Waals surface area contributed by atoms with Gasteiger partial charge in [-0.25, -0.2) is 4.79 Å². The molecule has 0 aromatic heterocycles. The number of hydrogen-bond acceptors (Lipinski definition) is 3. The smallest absolute Gasteiger partial charge is 1.00 e. The first-order valence-corrected chi connectivity index (χ1v) is 4.27. The number of nitrogens with zero attached hydrogens (tertiary/aromatic N) is 1. The Morgan fingerprint density at radius 2 is 2.15 bits per heavy atom. The SMILES string of the molecule is CCOC(=O)C(=CCCl)N(C)C.[Ca+2].[H-].[H-]. The van der Waals surface area contributed by atoms with Crippen LogP contribution in [-0.2, 0) is 9.53 Å². The van der Waals surface area contributed by atoms with Crippen LogP contribution in [0.1, 0.15) is 9.78 Å². The summed E-state index contributed by atoms with van der Waals surface area (Å²) in [5.41, 5.74) is 0.492. The van der Waals surface area contributed by atoms with Crippen molar-refractivity contribution in [3.8, 4) is 0 Å². The Balaban J connectivity index is -0.000000202. The molecule has 5 heteroatoms. The fourth-order valence-electron chi connectivity index (χ4n) is 0.727. The van der Waals surface area contributed by atoms with Crippen LogP contribution in [0.2, 0.25) is 0 Å². The zero-order chi connectivity index (χ0) is 9.56. The third-order valence-corrected chi connectivity index (χ3v) is 1.39. The molecule has 13 heavy (non-hydrogen) atoms. The molecule has 0 spiro atoms. The van der Waals surface area contributed by atoms with Crippen LogP contribution in [0.25, 0.3) is 0 Å². The van der Waals surface area contributed by atoms with Crippen LogP contribution < -0.4 is 0 Å². The van der Waals surface area contributed by atoms with E-state index in [1.807, 2.05) is 0 Å². The molecule has 0 heterocycles. The molecule has 0 amide bonds. The number of carbonyl (C=O) groups excluding carboxylic acids is 1. The van der Waals surface area contributed by atoms with Gasteiger partial charge in [-0.15, -0.1) is 11.6 Å². The number of likely N-dealkylation sites (N-methyl/N-ethyl adjacent to an activating group) is 1. The molecule has 0 aliphatic carbocycles. The summed E-state index contributed by atoms with van der Waals surface area (Å²) < 4.78 is 4.81. The van der Waals surface area contributed by atoms with Crippen molar-refractivity contribution in [1.82, 2.24) is 4.90 Å². The third-order valence-electron chi connectivity index (χ3n) is 1.24. The van der Waals surface area contributed by atoms with E-state index in [2.05, 4.69) is 0 Å². The zero-order valence-electron chi connectivity index (χ0n) is 10.3. The van der Waals surface area contributed by atoms with E-state index < -0.39 is 0 Å². The normalized spacial score (nSPS) is 10.3. The van der Waals surface area contributed by atoms with Gasteiger partial charge in [0.05, 0.1) is 6.61 Å². The number of alkyl halides is 1. The molecule has 0 aromatic rings. The number of halogens is 1. The third kappa shape index (κ3) is 6.61. The molecule has 0 aliphatic heterocycles. The minimum atomic E-state index is -0.330. The van der Waals surface area contributed by atoms with Crippen molar-refractivity contribution in [3.05, 3.63) is 11.8 Å². The predicted molar refractivity (Wildman–Crippen MR) is 57.1 cm³/mol. The molecule has 0 saturated heterocycles. The predicted octanol–water partition coefficient (Wildman–Crippen LogP) is 1.08. The number of ether oxygens (including phenoxy) is 1. The first-order chi connectivity index (χ1) is 5.63. The molecule has 0 aliphatic rings. The van der Waals surface area contributed by atoms with Crippen LogP contribution in [-0.4, -0.2) is 75.2 Å². The van der Waals surface area contributed by atoms with Gasteiger partial charge in [0.1, 0.15) is 5.70 Å². The topological polar surface area (TPSA) is 29.5 Å². The Bertz CT molecular complexity index is 191. The van der Waals surface area contributed by atoms with E-state index in [-0.39, 0.29) is 46.6 Å². The number of rotatable bonds is 4. The number of carbonyl (C=O) groups is 1. The number of allylic oxidation sites excluding steroid dienone is 1. The molecule has 0 atom stereocenters. The van der Waals surface area contributed by atoms with E-state index in [1.165, 1.54) is 0 Å². The molecule has 74 valence electrons. The minimum absolute atomic E-state index is 0. The first-order valence-electron chi connectivity index (χ1n) is 3.74. The number of hydrogen-bond donors (Lipinski definition) is 0. The largest absolute Gasteiger partial charge is 2.00 e. The Kier molecular flexibility index (Phi) is 11.2. The average molecular weight is 234 g/mol. The maximum atomic E-state index is 11.2. The van der Waals surface area contributed by atoms with E-state index in [9.17, 15) is 4.79 Å². The van der Waals surface area contributed by atoms with E-state index in [1.54, 1.807) is 32.0 Å². The summed E-state index contributed by atoms with van der Waals surface area (Å²) in [7, 11) is 3.55. The van der Waals surface area contributed by atoms with Crippen molar-refractivity contribution in [3.63, 3.8) is 0 Å². The molecule has 0 unspecified atom stereocenters. The van der Waals surface area contributed by atoms with Crippen LogP contribution >= 0.6 is 11.6 Å². The summed E-state index contributed by atoms with van der Waals surface area (Å²) in [5.74, 6) is -0.0186. The minimum Gasteiger partial charge on any atom is -1.00 e. The van der Waals surface area contributed by atoms with Gasteiger partial charge in [-0.2, -0.15) is 0 Å². The fraction of sp³-hybridized carbons (Fsp3) is 0.625. The van der Waals surface area contributed by atoms with E-state index in [0.29, 0.717) is 18.2 Å². The van der Waals surface area contributed by atoms with Crippen LogP contribution in [0, 0.1) is 0 Å². The van der Waals surface area contributed by atoms with Gasteiger partial charge >= 0.3 is 43.7 Å². The van der Waals surface area contributed by atoms with Crippen molar-refractivity contribution in [2.75, 3.05) is 26.6 Å². The second-order valence-electron chi connectivity index (χ2n) is 2.36. The Labute approximate surface area is 117 Å². The van der Waals surface area contributed by atoms with Gasteiger partial charge in [0.25, 0.3) is 0 Å². The molecule has 0 radical (unpaired) electrons. The molecule has 0 saturated carbocycles. The van der Waals surface area contributed by atoms with Crippen molar-refractivity contribution in [2.45, 2.75) is 6.92 Å². The summed E-state index contributed by atoms with van der Waals surface area (Å²) in [6, 6.07) is 0. The molecule has 0 fully saturated rings. The first kappa shape index (κ1) is 16.0. The van der Waals surface area contributed by atoms with Crippen LogP contribution in [0.15, 0.2) is 11.8 Å². The quantitative estimate of drug-likeness (QED) is 0.315. The molecular formula is C8H16CaClNO2. The fourth-order valence-corrected chi connectivity index (χ4v) is 0.873. The van der Waals surface area contributed by atoms with Crippen molar-refractivity contribution >= 4 is 55.3 Å². The standard InChI is InChI=1S/C8H14ClNO2.Ca.2H/c1-4-12-8(11)7(5-6-9)10(2)3;;;/h5H,4,6H2,1-3H3;;;/q;+2;2*-1. The average Bonchev–Trinajstić information content (AvgIpc) is 1.99. The van der Waals surface area contributed by atoms with Gasteiger partial charge < -0.3 is 12.5 Å². The second kappa shape index (κ2) is 9.13. The maximum Gasteiger partial charge on any atom is 2.00 e. The van der Waals surface area contributed by atoms with Gasteiger partial charge in [0.2, 0.25) is 0 Å². The van der Waals surface area contributed by atoms with Crippen LogP contribution in [0.4, 0.5) is 0 Å². The zero-order valence-corrected chi connectivity index (χ0v) is 11.3. The molecular weight excluding hydrogens is 218 g/mol. The Morgan fingerprint density at radius 3 is 2.46 bits per heavy atom. The van der Waals surface area contributed by atoms with Crippen molar-refractivity contribution in [1.29, 1.82) is 0 Å². The van der Waals surface area contributed by atoms with E-state index in [4.69, 9.17) is 16.3 Å². The van der Waals surface area contributed by atoms with E-state index in [0.717, 1.165) is 0 Å². The summed E-state index contributed by atoms with van der Waals surface area (Å²) in [5, 5.41) is 0. The maximum absolute atomic E-state index is 11.2. The van der Waals surface area contributed by atoms with Crippen LogP contribution in [0.5, 0.6) is 0 Å². The summed E-state index contributed by atoms with van der Waals surface area (Å²) in [6.45, 7) is 2.15. The van der Waals surface area contributed by atoms with Gasteiger partial charge in [-0.3, -0.25) is 0 Å². The van der Waals surface area contributed by atoms with Crippen LogP contribution in [0.3, 0.4) is 0 Å². The molecule has 0 aromatic carbocycles. The van der Waals surface area contributed by atoms with Crippen molar-refractivity contribution in [2.24, 2.45) is 0 Å². The molecule has 3 nitrogen and oxygen atoms in total. The van der Waals surface area contributed by atoms with Gasteiger partial charge in [0.15, 0.2) is 0 Å². The molecule has 0 rings (SSSR count). The Hall–Kier alpha value is 0.560. The van der Waals surface area contributed by atoms with Crippen molar-refractivity contribution < 1.29 is 12.4 Å². The molecule has 0 bridgehead atoms. The van der Waals surface area contributed by atoms with Gasteiger partial charge in [-0.05, 0) is 13.0 Å². The van der Waals surface area contributed by atoms with Gasteiger partial charge in [0, 0.05) is 20.0 Å². The molecule has 0 N–H and O–H groups in total. The monoisotopic (exact) mass is 233 g/mol.